The van der Waals surface area contributed by atoms with Gasteiger partial charge in [0.05, 0.1) is 6.10 Å². The molecule has 1 aliphatic heterocycles. The van der Waals surface area contributed by atoms with Gasteiger partial charge in [-0.05, 0) is 49.9 Å². The molecule has 2 atom stereocenters. The molecular formula is C13H17F2NO. The minimum atomic E-state index is -0.827. The van der Waals surface area contributed by atoms with E-state index in [9.17, 15) is 13.9 Å². The Morgan fingerprint density at radius 1 is 1.35 bits per heavy atom. The average Bonchev–Trinajstić information content (AvgIpc) is 2.84. The second kappa shape index (κ2) is 5.56. The number of benzene rings is 1. The minimum absolute atomic E-state index is 0.153. The zero-order chi connectivity index (χ0) is 12.3. The van der Waals surface area contributed by atoms with Crippen molar-refractivity contribution in [2.24, 2.45) is 0 Å². The first-order valence-electron chi connectivity index (χ1n) is 6.02. The van der Waals surface area contributed by atoms with Crippen LogP contribution in [0.15, 0.2) is 18.2 Å². The molecule has 1 saturated heterocycles. The Labute approximate surface area is 99.7 Å². The maximum absolute atomic E-state index is 13.0. The van der Waals surface area contributed by atoms with Crippen LogP contribution in [0.1, 0.15) is 24.8 Å². The minimum Gasteiger partial charge on any atom is -0.391 e. The molecule has 1 fully saturated rings. The van der Waals surface area contributed by atoms with E-state index in [-0.39, 0.29) is 6.04 Å². The Morgan fingerprint density at radius 3 is 2.82 bits per heavy atom. The molecule has 0 spiro atoms. The molecule has 17 heavy (non-hydrogen) atoms. The molecule has 0 bridgehead atoms. The van der Waals surface area contributed by atoms with Crippen LogP contribution < -0.4 is 5.32 Å². The summed E-state index contributed by atoms with van der Waals surface area (Å²) in [4.78, 5) is 0. The Morgan fingerprint density at radius 2 is 2.18 bits per heavy atom. The highest BCUT2D eigenvalue weighted by atomic mass is 19.2. The van der Waals surface area contributed by atoms with Gasteiger partial charge in [0.25, 0.3) is 0 Å². The van der Waals surface area contributed by atoms with E-state index in [2.05, 4.69) is 5.32 Å². The van der Waals surface area contributed by atoms with Crippen LogP contribution in [0, 0.1) is 11.6 Å². The Kier molecular flexibility index (Phi) is 4.07. The number of hydrogen-bond donors (Lipinski definition) is 2. The van der Waals surface area contributed by atoms with E-state index in [1.165, 1.54) is 6.07 Å². The first kappa shape index (κ1) is 12.5. The number of aryl methyl sites for hydroxylation is 1. The standard InChI is InChI=1S/C13H17F2NO/c14-10-5-3-9(8-11(10)15)4-6-13(17)12-2-1-7-16-12/h3,5,8,12-13,16-17H,1-2,4,6-7H2. The van der Waals surface area contributed by atoms with Gasteiger partial charge in [-0.15, -0.1) is 0 Å². The monoisotopic (exact) mass is 241 g/mol. The van der Waals surface area contributed by atoms with E-state index in [0.717, 1.165) is 31.0 Å². The van der Waals surface area contributed by atoms with Gasteiger partial charge < -0.3 is 10.4 Å². The molecule has 2 rings (SSSR count). The van der Waals surface area contributed by atoms with Crippen LogP contribution in [-0.4, -0.2) is 23.8 Å². The van der Waals surface area contributed by atoms with E-state index in [4.69, 9.17) is 0 Å². The van der Waals surface area contributed by atoms with Crippen molar-refractivity contribution in [3.8, 4) is 0 Å². The lowest BCUT2D eigenvalue weighted by Gasteiger charge is -2.18. The van der Waals surface area contributed by atoms with Crippen molar-refractivity contribution in [1.82, 2.24) is 5.32 Å². The topological polar surface area (TPSA) is 32.3 Å². The second-order valence-electron chi connectivity index (χ2n) is 4.56. The molecule has 0 aromatic heterocycles. The summed E-state index contributed by atoms with van der Waals surface area (Å²) in [6.07, 6.45) is 2.80. The van der Waals surface area contributed by atoms with E-state index in [1.54, 1.807) is 6.07 Å². The van der Waals surface area contributed by atoms with Gasteiger partial charge >= 0.3 is 0 Å². The third kappa shape index (κ3) is 3.23. The predicted molar refractivity (Wildman–Crippen MR) is 61.7 cm³/mol. The summed E-state index contributed by atoms with van der Waals surface area (Å²) >= 11 is 0. The molecule has 1 aromatic carbocycles. The number of halogens is 2. The van der Waals surface area contributed by atoms with Crippen LogP contribution in [0.5, 0.6) is 0 Å². The molecule has 4 heteroatoms. The predicted octanol–water partition coefficient (Wildman–Crippen LogP) is 2.01. The molecule has 2 N–H and O–H groups in total. The van der Waals surface area contributed by atoms with Gasteiger partial charge in [0.1, 0.15) is 0 Å². The van der Waals surface area contributed by atoms with Crippen molar-refractivity contribution in [2.45, 2.75) is 37.8 Å². The van der Waals surface area contributed by atoms with Crippen molar-refractivity contribution in [1.29, 1.82) is 0 Å². The van der Waals surface area contributed by atoms with Gasteiger partial charge in [0, 0.05) is 6.04 Å². The molecule has 1 heterocycles. The number of aliphatic hydroxyl groups excluding tert-OH is 1. The van der Waals surface area contributed by atoms with Crippen molar-refractivity contribution in [2.75, 3.05) is 6.54 Å². The van der Waals surface area contributed by atoms with Crippen molar-refractivity contribution in [3.05, 3.63) is 35.4 Å². The molecule has 94 valence electrons. The summed E-state index contributed by atoms with van der Waals surface area (Å²) in [5.74, 6) is -1.65. The van der Waals surface area contributed by atoms with Crippen molar-refractivity contribution < 1.29 is 13.9 Å². The molecule has 2 nitrogen and oxygen atoms in total. The molecule has 2 unspecified atom stereocenters. The van der Waals surface area contributed by atoms with Crippen LogP contribution >= 0.6 is 0 Å². The molecular weight excluding hydrogens is 224 g/mol. The summed E-state index contributed by atoms with van der Waals surface area (Å²) in [5, 5.41) is 13.1. The molecule has 0 saturated carbocycles. The molecule has 1 aromatic rings. The van der Waals surface area contributed by atoms with Gasteiger partial charge in [0.15, 0.2) is 11.6 Å². The smallest absolute Gasteiger partial charge is 0.159 e. The van der Waals surface area contributed by atoms with Crippen LogP contribution in [0.4, 0.5) is 8.78 Å². The molecule has 0 radical (unpaired) electrons. The maximum atomic E-state index is 13.0. The quantitative estimate of drug-likeness (QED) is 0.845. The Bertz CT molecular complexity index is 378. The summed E-state index contributed by atoms with van der Waals surface area (Å²) in [5.41, 5.74) is 0.723. The average molecular weight is 241 g/mol. The van der Waals surface area contributed by atoms with Gasteiger partial charge in [-0.25, -0.2) is 8.78 Å². The van der Waals surface area contributed by atoms with Crippen LogP contribution in [0.2, 0.25) is 0 Å². The number of rotatable bonds is 4. The summed E-state index contributed by atoms with van der Waals surface area (Å²) in [7, 11) is 0. The molecule has 0 aliphatic carbocycles. The van der Waals surface area contributed by atoms with Gasteiger partial charge in [-0.3, -0.25) is 0 Å². The molecule has 1 aliphatic rings. The van der Waals surface area contributed by atoms with Crippen molar-refractivity contribution >= 4 is 0 Å². The highest BCUT2D eigenvalue weighted by Gasteiger charge is 2.22. The lowest BCUT2D eigenvalue weighted by molar-refractivity contribution is 0.127. The highest BCUT2D eigenvalue weighted by Crippen LogP contribution is 2.15. The first-order chi connectivity index (χ1) is 8.16. The highest BCUT2D eigenvalue weighted by molar-refractivity contribution is 5.18. The lowest BCUT2D eigenvalue weighted by atomic mass is 10.0. The summed E-state index contributed by atoms with van der Waals surface area (Å²) in [6.45, 7) is 0.951. The number of hydrogen-bond acceptors (Lipinski definition) is 2. The maximum Gasteiger partial charge on any atom is 0.159 e. The number of aliphatic hydroxyl groups is 1. The molecule has 0 amide bonds. The first-order valence-corrected chi connectivity index (χ1v) is 6.02. The number of nitrogens with one attached hydrogen (secondary N) is 1. The van der Waals surface area contributed by atoms with Gasteiger partial charge in [-0.2, -0.15) is 0 Å². The summed E-state index contributed by atoms with van der Waals surface area (Å²) < 4.78 is 25.7. The van der Waals surface area contributed by atoms with Gasteiger partial charge in [-0.1, -0.05) is 6.07 Å². The third-order valence-electron chi connectivity index (χ3n) is 3.28. The Balaban J connectivity index is 1.86. The van der Waals surface area contributed by atoms with Crippen molar-refractivity contribution in [3.63, 3.8) is 0 Å². The van der Waals surface area contributed by atoms with E-state index >= 15 is 0 Å². The van der Waals surface area contributed by atoms with Crippen LogP contribution in [0.25, 0.3) is 0 Å². The lowest BCUT2D eigenvalue weighted by Crippen LogP contribution is -2.34. The van der Waals surface area contributed by atoms with Crippen LogP contribution in [-0.2, 0) is 6.42 Å². The SMILES string of the molecule is OC(CCc1ccc(F)c(F)c1)C1CCCN1. The van der Waals surface area contributed by atoms with E-state index in [0.29, 0.717) is 12.8 Å². The fourth-order valence-electron chi connectivity index (χ4n) is 2.25. The largest absolute Gasteiger partial charge is 0.391 e. The normalized spacial score (nSPS) is 21.7. The van der Waals surface area contributed by atoms with E-state index in [1.807, 2.05) is 0 Å². The Hall–Kier alpha value is -1.00. The van der Waals surface area contributed by atoms with Gasteiger partial charge in [0.2, 0.25) is 0 Å². The van der Waals surface area contributed by atoms with Crippen LogP contribution in [0.3, 0.4) is 0 Å². The second-order valence-corrected chi connectivity index (χ2v) is 4.56. The fraction of sp³-hybridized carbons (Fsp3) is 0.538. The summed E-state index contributed by atoms with van der Waals surface area (Å²) in [6, 6.07) is 4.04. The zero-order valence-electron chi connectivity index (χ0n) is 9.63. The fourth-order valence-corrected chi connectivity index (χ4v) is 2.25. The zero-order valence-corrected chi connectivity index (χ0v) is 9.63. The van der Waals surface area contributed by atoms with E-state index < -0.39 is 17.7 Å². The third-order valence-corrected chi connectivity index (χ3v) is 3.28.